The van der Waals surface area contributed by atoms with Crippen LogP contribution in [0.5, 0.6) is 0 Å². The number of aliphatic hydroxyl groups excluding tert-OH is 1. The van der Waals surface area contributed by atoms with Crippen LogP contribution in [0.3, 0.4) is 0 Å². The Morgan fingerprint density at radius 3 is 2.72 bits per heavy atom. The maximum atomic E-state index is 13.0. The van der Waals surface area contributed by atoms with E-state index < -0.39 is 6.10 Å². The Kier molecular flexibility index (Phi) is 5.18. The van der Waals surface area contributed by atoms with Crippen LogP contribution in [0, 0.1) is 5.82 Å². The van der Waals surface area contributed by atoms with Gasteiger partial charge in [-0.05, 0) is 50.8 Å². The zero-order chi connectivity index (χ0) is 18.0. The van der Waals surface area contributed by atoms with Gasteiger partial charge in [0.05, 0.1) is 12.4 Å². The molecule has 1 N–H and O–H groups in total. The van der Waals surface area contributed by atoms with E-state index in [4.69, 9.17) is 0 Å². The second-order valence-electron chi connectivity index (χ2n) is 6.90. The van der Waals surface area contributed by atoms with Crippen LogP contribution in [0.4, 0.5) is 4.39 Å². The second-order valence-corrected chi connectivity index (χ2v) is 6.90. The molecule has 6 heteroatoms. The van der Waals surface area contributed by atoms with Crippen molar-refractivity contribution in [3.63, 3.8) is 0 Å². The average Bonchev–Trinajstić information content (AvgIpc) is 3.24. The maximum Gasteiger partial charge on any atom is 0.274 e. The van der Waals surface area contributed by atoms with Crippen molar-refractivity contribution in [2.24, 2.45) is 0 Å². The lowest BCUT2D eigenvalue weighted by molar-refractivity contribution is 0.0662. The fourth-order valence-electron chi connectivity index (χ4n) is 3.30. The highest BCUT2D eigenvalue weighted by Crippen LogP contribution is 2.28. The Bertz CT molecular complexity index is 727. The number of rotatable bonds is 5. The number of carbonyl (C=O) groups excluding carboxylic acids is 1. The smallest absolute Gasteiger partial charge is 0.274 e. The molecule has 25 heavy (non-hydrogen) atoms. The first-order chi connectivity index (χ1) is 12.0. The van der Waals surface area contributed by atoms with Gasteiger partial charge in [-0.25, -0.2) is 9.37 Å². The number of hydrogen-bond acceptors (Lipinski definition) is 3. The molecule has 1 aromatic heterocycles. The summed E-state index contributed by atoms with van der Waals surface area (Å²) in [7, 11) is 0. The average molecular weight is 345 g/mol. The number of nitrogens with zero attached hydrogens (tertiary/aromatic N) is 3. The number of halogens is 1. The first-order valence-corrected chi connectivity index (χ1v) is 8.73. The predicted molar refractivity (Wildman–Crippen MR) is 92.6 cm³/mol. The fraction of sp³-hybridized carbons (Fsp3) is 0.474. The lowest BCUT2D eigenvalue weighted by Crippen LogP contribution is -2.36. The lowest BCUT2D eigenvalue weighted by Gasteiger charge is -2.26. The first-order valence-electron chi connectivity index (χ1n) is 8.73. The predicted octanol–water partition coefficient (Wildman–Crippen LogP) is 3.33. The Morgan fingerprint density at radius 2 is 2.08 bits per heavy atom. The van der Waals surface area contributed by atoms with Gasteiger partial charge in [0.1, 0.15) is 11.5 Å². The minimum absolute atomic E-state index is 0.0308. The molecule has 1 fully saturated rings. The number of imidazole rings is 1. The van der Waals surface area contributed by atoms with Crippen LogP contribution in [0.1, 0.15) is 61.3 Å². The van der Waals surface area contributed by atoms with E-state index in [2.05, 4.69) is 4.98 Å². The number of carbonyl (C=O) groups is 1. The Balaban J connectivity index is 1.69. The quantitative estimate of drug-likeness (QED) is 0.904. The van der Waals surface area contributed by atoms with E-state index >= 15 is 0 Å². The van der Waals surface area contributed by atoms with Gasteiger partial charge in [0.15, 0.2) is 0 Å². The van der Waals surface area contributed by atoms with Crippen molar-refractivity contribution < 1.29 is 14.3 Å². The van der Waals surface area contributed by atoms with E-state index in [9.17, 15) is 14.3 Å². The van der Waals surface area contributed by atoms with Crippen molar-refractivity contribution >= 4 is 5.91 Å². The normalized spacial score (nSPS) is 18.8. The lowest BCUT2D eigenvalue weighted by atomic mass is 10.0. The minimum Gasteiger partial charge on any atom is -0.388 e. The Hall–Kier alpha value is -2.21. The molecule has 0 bridgehead atoms. The molecule has 0 aliphatic carbocycles. The molecule has 1 aliphatic rings. The summed E-state index contributed by atoms with van der Waals surface area (Å²) >= 11 is 0. The summed E-state index contributed by atoms with van der Waals surface area (Å²) in [4.78, 5) is 18.8. The van der Waals surface area contributed by atoms with Crippen molar-refractivity contribution in [2.75, 3.05) is 6.54 Å². The van der Waals surface area contributed by atoms with E-state index in [1.54, 1.807) is 29.6 Å². The van der Waals surface area contributed by atoms with E-state index in [0.717, 1.165) is 12.8 Å². The molecule has 2 atom stereocenters. The molecule has 3 rings (SSSR count). The minimum atomic E-state index is -0.716. The van der Waals surface area contributed by atoms with Gasteiger partial charge in [-0.3, -0.25) is 4.79 Å². The third kappa shape index (κ3) is 3.90. The van der Waals surface area contributed by atoms with E-state index in [-0.39, 0.29) is 23.8 Å². The second kappa shape index (κ2) is 7.35. The summed E-state index contributed by atoms with van der Waals surface area (Å²) in [5.41, 5.74) is 1.11. The van der Waals surface area contributed by atoms with Gasteiger partial charge in [0, 0.05) is 24.8 Å². The SMILES string of the molecule is CC(C)n1cnc(C(=O)N2CCCC2CC(O)c2ccc(F)cc2)c1. The number of hydrogen-bond donors (Lipinski definition) is 1. The van der Waals surface area contributed by atoms with Crippen LogP contribution in [-0.2, 0) is 0 Å². The van der Waals surface area contributed by atoms with Gasteiger partial charge in [0.25, 0.3) is 5.91 Å². The van der Waals surface area contributed by atoms with Crippen LogP contribution in [-0.4, -0.2) is 38.1 Å². The molecule has 1 amide bonds. The van der Waals surface area contributed by atoms with E-state index in [1.807, 2.05) is 18.4 Å². The number of likely N-dealkylation sites (tertiary alicyclic amines) is 1. The van der Waals surface area contributed by atoms with Crippen LogP contribution in [0.25, 0.3) is 0 Å². The van der Waals surface area contributed by atoms with Crippen LogP contribution in [0.15, 0.2) is 36.8 Å². The van der Waals surface area contributed by atoms with Crippen molar-refractivity contribution in [3.05, 3.63) is 53.9 Å². The zero-order valence-electron chi connectivity index (χ0n) is 14.6. The molecule has 0 radical (unpaired) electrons. The van der Waals surface area contributed by atoms with Crippen LogP contribution >= 0.6 is 0 Å². The molecular formula is C19H24FN3O2. The van der Waals surface area contributed by atoms with Crippen molar-refractivity contribution in [1.82, 2.24) is 14.5 Å². The number of aromatic nitrogens is 2. The largest absolute Gasteiger partial charge is 0.388 e. The molecule has 134 valence electrons. The van der Waals surface area contributed by atoms with Crippen molar-refractivity contribution in [1.29, 1.82) is 0 Å². The summed E-state index contributed by atoms with van der Waals surface area (Å²) < 4.78 is 14.9. The van der Waals surface area contributed by atoms with Gasteiger partial charge in [-0.2, -0.15) is 0 Å². The molecule has 0 spiro atoms. The van der Waals surface area contributed by atoms with Crippen LogP contribution in [0.2, 0.25) is 0 Å². The van der Waals surface area contributed by atoms with Crippen LogP contribution < -0.4 is 0 Å². The highest BCUT2D eigenvalue weighted by atomic mass is 19.1. The third-order valence-corrected chi connectivity index (χ3v) is 4.81. The zero-order valence-corrected chi connectivity index (χ0v) is 14.6. The van der Waals surface area contributed by atoms with Gasteiger partial charge >= 0.3 is 0 Å². The number of benzene rings is 1. The molecule has 5 nitrogen and oxygen atoms in total. The summed E-state index contributed by atoms with van der Waals surface area (Å²) in [6, 6.07) is 6.08. The highest BCUT2D eigenvalue weighted by molar-refractivity contribution is 5.92. The van der Waals surface area contributed by atoms with Crippen molar-refractivity contribution in [3.8, 4) is 0 Å². The number of aliphatic hydroxyl groups is 1. The number of amides is 1. The molecule has 0 saturated carbocycles. The molecule has 2 heterocycles. The monoisotopic (exact) mass is 345 g/mol. The van der Waals surface area contributed by atoms with Gasteiger partial charge in [0.2, 0.25) is 0 Å². The summed E-state index contributed by atoms with van der Waals surface area (Å²) in [6.07, 6.45) is 4.95. The summed E-state index contributed by atoms with van der Waals surface area (Å²) in [5, 5.41) is 10.4. The standard InChI is InChI=1S/C19H24FN3O2/c1-13(2)22-11-17(21-12-22)19(25)23-9-3-4-16(23)10-18(24)14-5-7-15(20)8-6-14/h5-8,11-13,16,18,24H,3-4,9-10H2,1-2H3. The molecule has 1 aromatic carbocycles. The highest BCUT2D eigenvalue weighted by Gasteiger charge is 2.32. The molecule has 1 saturated heterocycles. The third-order valence-electron chi connectivity index (χ3n) is 4.81. The molecule has 1 aliphatic heterocycles. The molecule has 2 aromatic rings. The van der Waals surface area contributed by atoms with Crippen molar-refractivity contribution in [2.45, 2.75) is 51.3 Å². The summed E-state index contributed by atoms with van der Waals surface area (Å²) in [5.74, 6) is -0.414. The first kappa shape index (κ1) is 17.6. The molecular weight excluding hydrogens is 321 g/mol. The topological polar surface area (TPSA) is 58.4 Å². The Labute approximate surface area is 147 Å². The maximum absolute atomic E-state index is 13.0. The van der Waals surface area contributed by atoms with Gasteiger partial charge in [-0.1, -0.05) is 12.1 Å². The summed E-state index contributed by atoms with van der Waals surface area (Å²) in [6.45, 7) is 4.75. The van der Waals surface area contributed by atoms with E-state index in [0.29, 0.717) is 24.2 Å². The van der Waals surface area contributed by atoms with Gasteiger partial charge < -0.3 is 14.6 Å². The Morgan fingerprint density at radius 1 is 1.36 bits per heavy atom. The fourth-order valence-corrected chi connectivity index (χ4v) is 3.30. The molecule has 2 unspecified atom stereocenters. The van der Waals surface area contributed by atoms with E-state index in [1.165, 1.54) is 12.1 Å². The van der Waals surface area contributed by atoms with Gasteiger partial charge in [-0.15, -0.1) is 0 Å².